The predicted octanol–water partition coefficient (Wildman–Crippen LogP) is 3.98. The molecule has 0 fully saturated rings. The lowest BCUT2D eigenvalue weighted by atomic mass is 9.77. The van der Waals surface area contributed by atoms with Crippen LogP contribution < -0.4 is 0 Å². The first kappa shape index (κ1) is 12.5. The number of allylic oxidation sites excluding steroid dienone is 2. The normalized spacial score (nSPS) is 26.5. The van der Waals surface area contributed by atoms with Crippen LogP contribution in [0.4, 0.5) is 0 Å². The second-order valence-electron chi connectivity index (χ2n) is 5.35. The van der Waals surface area contributed by atoms with Gasteiger partial charge in [0.15, 0.2) is 0 Å². The minimum Gasteiger partial charge on any atom is -0.303 e. The van der Waals surface area contributed by atoms with Gasteiger partial charge in [-0.15, -0.1) is 0 Å². The van der Waals surface area contributed by atoms with Crippen LogP contribution in [0, 0.1) is 17.8 Å². The summed E-state index contributed by atoms with van der Waals surface area (Å²) in [5, 5.41) is 0. The summed E-state index contributed by atoms with van der Waals surface area (Å²) in [6, 6.07) is 0. The first-order chi connectivity index (χ1) is 7.13. The summed E-state index contributed by atoms with van der Waals surface area (Å²) in [5.41, 5.74) is 1.52. The van der Waals surface area contributed by atoms with Crippen molar-refractivity contribution in [2.75, 3.05) is 0 Å². The molecule has 0 aromatic carbocycles. The molecule has 0 bridgehead atoms. The van der Waals surface area contributed by atoms with Crippen LogP contribution in [0.5, 0.6) is 0 Å². The van der Waals surface area contributed by atoms with E-state index < -0.39 is 0 Å². The number of carbonyl (C=O) groups is 1. The van der Waals surface area contributed by atoms with Gasteiger partial charge >= 0.3 is 0 Å². The van der Waals surface area contributed by atoms with Gasteiger partial charge in [-0.05, 0) is 43.4 Å². The van der Waals surface area contributed by atoms with E-state index in [0.29, 0.717) is 12.3 Å². The highest BCUT2D eigenvalue weighted by atomic mass is 16.1. The molecule has 0 aromatic rings. The quantitative estimate of drug-likeness (QED) is 0.493. The average Bonchev–Trinajstić information content (AvgIpc) is 2.15. The Bertz CT molecular complexity index is 227. The lowest BCUT2D eigenvalue weighted by Gasteiger charge is -2.28. The molecule has 1 heteroatoms. The largest absolute Gasteiger partial charge is 0.303 e. The monoisotopic (exact) mass is 208 g/mol. The van der Waals surface area contributed by atoms with Crippen LogP contribution >= 0.6 is 0 Å². The molecule has 1 nitrogen and oxygen atoms in total. The molecule has 0 heterocycles. The molecule has 0 N–H and O–H groups in total. The number of carbonyl (C=O) groups excluding carboxylic acids is 1. The molecule has 2 unspecified atom stereocenters. The Morgan fingerprint density at radius 2 is 2.27 bits per heavy atom. The van der Waals surface area contributed by atoms with Gasteiger partial charge in [-0.3, -0.25) is 0 Å². The predicted molar refractivity (Wildman–Crippen MR) is 64.7 cm³/mol. The Kier molecular flexibility index (Phi) is 5.07. The van der Waals surface area contributed by atoms with E-state index in [-0.39, 0.29) is 0 Å². The maximum Gasteiger partial charge on any atom is 0.120 e. The first-order valence-electron chi connectivity index (χ1n) is 6.26. The van der Waals surface area contributed by atoms with E-state index in [0.717, 1.165) is 24.5 Å². The number of hydrogen-bond donors (Lipinski definition) is 0. The molecule has 0 aliphatic heterocycles. The minimum absolute atomic E-state index is 0.697. The van der Waals surface area contributed by atoms with Crippen LogP contribution in [0.15, 0.2) is 11.6 Å². The summed E-state index contributed by atoms with van der Waals surface area (Å²) in [7, 11) is 0. The molecule has 2 atom stereocenters. The van der Waals surface area contributed by atoms with Crippen LogP contribution in [0.3, 0.4) is 0 Å². The lowest BCUT2D eigenvalue weighted by Crippen LogP contribution is -2.15. The summed E-state index contributed by atoms with van der Waals surface area (Å²) >= 11 is 0. The summed E-state index contributed by atoms with van der Waals surface area (Å²) in [6.07, 6.45) is 9.02. The van der Waals surface area contributed by atoms with Gasteiger partial charge in [0.2, 0.25) is 0 Å². The second kappa shape index (κ2) is 6.09. The fraction of sp³-hybridized carbons (Fsp3) is 0.786. The van der Waals surface area contributed by atoms with Crippen LogP contribution in [-0.2, 0) is 4.79 Å². The topological polar surface area (TPSA) is 17.1 Å². The number of hydrogen-bond acceptors (Lipinski definition) is 1. The van der Waals surface area contributed by atoms with Crippen molar-refractivity contribution in [1.82, 2.24) is 0 Å². The van der Waals surface area contributed by atoms with Crippen molar-refractivity contribution in [3.8, 4) is 0 Å². The molecular weight excluding hydrogens is 184 g/mol. The molecule has 1 aliphatic rings. The zero-order chi connectivity index (χ0) is 11.3. The van der Waals surface area contributed by atoms with Crippen molar-refractivity contribution in [1.29, 1.82) is 0 Å². The Balaban J connectivity index is 2.44. The Morgan fingerprint density at radius 1 is 1.53 bits per heavy atom. The molecule has 0 spiro atoms. The number of aldehydes is 1. The van der Waals surface area contributed by atoms with Gasteiger partial charge in [0.1, 0.15) is 6.29 Å². The Morgan fingerprint density at radius 3 is 2.80 bits per heavy atom. The zero-order valence-electron chi connectivity index (χ0n) is 10.3. The molecule has 0 aromatic heterocycles. The third-order valence-electron chi connectivity index (χ3n) is 3.39. The maximum atomic E-state index is 10.3. The van der Waals surface area contributed by atoms with Crippen molar-refractivity contribution < 1.29 is 4.79 Å². The van der Waals surface area contributed by atoms with Crippen LogP contribution in [0.1, 0.15) is 52.9 Å². The fourth-order valence-corrected chi connectivity index (χ4v) is 2.70. The first-order valence-corrected chi connectivity index (χ1v) is 6.26. The highest BCUT2D eigenvalue weighted by molar-refractivity contribution is 5.50. The van der Waals surface area contributed by atoms with Crippen molar-refractivity contribution in [3.05, 3.63) is 11.6 Å². The minimum atomic E-state index is 0.697. The van der Waals surface area contributed by atoms with Crippen molar-refractivity contribution in [2.24, 2.45) is 17.8 Å². The molecule has 0 saturated heterocycles. The van der Waals surface area contributed by atoms with E-state index in [9.17, 15) is 4.79 Å². The van der Waals surface area contributed by atoms with Gasteiger partial charge in [0, 0.05) is 6.42 Å². The SMILES string of the molecule is CC(C)CC1CC=C(CCC=O)C(C)C1. The third kappa shape index (κ3) is 4.19. The fourth-order valence-electron chi connectivity index (χ4n) is 2.70. The molecule has 0 radical (unpaired) electrons. The zero-order valence-corrected chi connectivity index (χ0v) is 10.3. The van der Waals surface area contributed by atoms with Gasteiger partial charge in [0.25, 0.3) is 0 Å². The van der Waals surface area contributed by atoms with Crippen LogP contribution in [0.2, 0.25) is 0 Å². The Hall–Kier alpha value is -0.590. The summed E-state index contributed by atoms with van der Waals surface area (Å²) < 4.78 is 0. The smallest absolute Gasteiger partial charge is 0.120 e. The van der Waals surface area contributed by atoms with Gasteiger partial charge in [-0.25, -0.2) is 0 Å². The van der Waals surface area contributed by atoms with Gasteiger partial charge < -0.3 is 4.79 Å². The molecular formula is C14H24O. The van der Waals surface area contributed by atoms with Gasteiger partial charge in [-0.1, -0.05) is 32.4 Å². The summed E-state index contributed by atoms with van der Waals surface area (Å²) in [4.78, 5) is 10.3. The van der Waals surface area contributed by atoms with E-state index in [2.05, 4.69) is 26.8 Å². The van der Waals surface area contributed by atoms with E-state index in [1.807, 2.05) is 0 Å². The third-order valence-corrected chi connectivity index (χ3v) is 3.39. The molecule has 1 aliphatic carbocycles. The number of rotatable bonds is 5. The van der Waals surface area contributed by atoms with E-state index in [1.165, 1.54) is 24.8 Å². The van der Waals surface area contributed by atoms with Gasteiger partial charge in [0.05, 0.1) is 0 Å². The van der Waals surface area contributed by atoms with E-state index in [4.69, 9.17) is 0 Å². The van der Waals surface area contributed by atoms with E-state index >= 15 is 0 Å². The summed E-state index contributed by atoms with van der Waals surface area (Å²) in [5.74, 6) is 2.38. The van der Waals surface area contributed by atoms with Crippen molar-refractivity contribution in [3.63, 3.8) is 0 Å². The van der Waals surface area contributed by atoms with Crippen molar-refractivity contribution >= 4 is 6.29 Å². The highest BCUT2D eigenvalue weighted by Gasteiger charge is 2.20. The molecule has 0 amide bonds. The van der Waals surface area contributed by atoms with Crippen LogP contribution in [-0.4, -0.2) is 6.29 Å². The van der Waals surface area contributed by atoms with E-state index in [1.54, 1.807) is 0 Å². The molecule has 86 valence electrons. The second-order valence-corrected chi connectivity index (χ2v) is 5.35. The molecule has 0 saturated carbocycles. The average molecular weight is 208 g/mol. The molecule has 15 heavy (non-hydrogen) atoms. The summed E-state index contributed by atoms with van der Waals surface area (Å²) in [6.45, 7) is 6.91. The van der Waals surface area contributed by atoms with Gasteiger partial charge in [-0.2, -0.15) is 0 Å². The highest BCUT2D eigenvalue weighted by Crippen LogP contribution is 2.34. The maximum absolute atomic E-state index is 10.3. The molecule has 1 rings (SSSR count). The van der Waals surface area contributed by atoms with Crippen molar-refractivity contribution in [2.45, 2.75) is 52.9 Å². The Labute approximate surface area is 93.9 Å². The standard InChI is InChI=1S/C14H24O/c1-11(2)9-13-6-7-14(5-4-8-15)12(3)10-13/h7-8,11-13H,4-6,9-10H2,1-3H3. The van der Waals surface area contributed by atoms with Crippen LogP contribution in [0.25, 0.3) is 0 Å². The lowest BCUT2D eigenvalue weighted by molar-refractivity contribution is -0.107.